The fraction of sp³-hybridized carbons (Fsp3) is 0.625. The lowest BCUT2D eigenvalue weighted by atomic mass is 10.3. The van der Waals surface area contributed by atoms with Crippen LogP contribution in [0.25, 0.3) is 0 Å². The highest BCUT2D eigenvalue weighted by atomic mass is 15.3. The molecule has 0 aromatic carbocycles. The van der Waals surface area contributed by atoms with E-state index in [0.717, 1.165) is 24.4 Å². The van der Waals surface area contributed by atoms with Gasteiger partial charge in [-0.15, -0.1) is 0 Å². The van der Waals surface area contributed by atoms with Gasteiger partial charge in [-0.2, -0.15) is 5.10 Å². The average molecular weight is 153 g/mol. The van der Waals surface area contributed by atoms with Crippen LogP contribution in [0.2, 0.25) is 0 Å². The Labute approximate surface area is 67.2 Å². The zero-order valence-corrected chi connectivity index (χ0v) is 7.17. The monoisotopic (exact) mass is 153 g/mol. The molecular formula is C8H15N3. The lowest BCUT2D eigenvalue weighted by Gasteiger charge is -2.01. The van der Waals surface area contributed by atoms with Crippen molar-refractivity contribution in [2.24, 2.45) is 5.73 Å². The summed E-state index contributed by atoms with van der Waals surface area (Å²) in [5, 5.41) is 4.31. The smallest absolute Gasteiger partial charge is 0.0597 e. The van der Waals surface area contributed by atoms with Crippen LogP contribution >= 0.6 is 0 Å². The molecule has 0 fully saturated rings. The van der Waals surface area contributed by atoms with Gasteiger partial charge in [0.15, 0.2) is 0 Å². The van der Waals surface area contributed by atoms with Crippen LogP contribution in [0.4, 0.5) is 0 Å². The van der Waals surface area contributed by atoms with Gasteiger partial charge in [0.1, 0.15) is 0 Å². The molecule has 0 saturated carbocycles. The molecule has 1 aromatic heterocycles. The van der Waals surface area contributed by atoms with Gasteiger partial charge in [-0.1, -0.05) is 6.92 Å². The lowest BCUT2D eigenvalue weighted by molar-refractivity contribution is 0.571. The fourth-order valence-electron chi connectivity index (χ4n) is 1.17. The van der Waals surface area contributed by atoms with Crippen LogP contribution in [0.5, 0.6) is 0 Å². The minimum Gasteiger partial charge on any atom is -0.325 e. The van der Waals surface area contributed by atoms with E-state index in [1.807, 2.05) is 17.7 Å². The van der Waals surface area contributed by atoms with Crippen LogP contribution < -0.4 is 5.73 Å². The minimum atomic E-state index is 0.584. The van der Waals surface area contributed by atoms with E-state index in [1.165, 1.54) is 0 Å². The Balaban J connectivity index is 2.83. The molecule has 3 heteroatoms. The summed E-state index contributed by atoms with van der Waals surface area (Å²) in [6, 6.07) is 2.04. The summed E-state index contributed by atoms with van der Waals surface area (Å²) < 4.78 is 1.98. The Kier molecular flexibility index (Phi) is 2.65. The van der Waals surface area contributed by atoms with Crippen LogP contribution in [0.15, 0.2) is 6.07 Å². The fourth-order valence-corrected chi connectivity index (χ4v) is 1.17. The molecule has 0 aliphatic heterocycles. The Bertz CT molecular complexity index is 227. The molecule has 1 aromatic rings. The van der Waals surface area contributed by atoms with Crippen LogP contribution in [0, 0.1) is 6.92 Å². The standard InChI is InChI=1S/C8H15N3/c1-3-4-11-8(6-9)5-7(2)10-11/h5H,3-4,6,9H2,1-2H3. The lowest BCUT2D eigenvalue weighted by Crippen LogP contribution is -2.08. The van der Waals surface area contributed by atoms with Crippen LogP contribution in [-0.2, 0) is 13.1 Å². The topological polar surface area (TPSA) is 43.8 Å². The minimum absolute atomic E-state index is 0.584. The van der Waals surface area contributed by atoms with Crippen LogP contribution in [0.1, 0.15) is 24.7 Å². The predicted molar refractivity (Wildman–Crippen MR) is 45.1 cm³/mol. The quantitative estimate of drug-likeness (QED) is 0.705. The largest absolute Gasteiger partial charge is 0.325 e. The van der Waals surface area contributed by atoms with Gasteiger partial charge in [0.25, 0.3) is 0 Å². The van der Waals surface area contributed by atoms with Crippen molar-refractivity contribution in [1.82, 2.24) is 9.78 Å². The zero-order chi connectivity index (χ0) is 8.27. The molecule has 62 valence electrons. The van der Waals surface area contributed by atoms with E-state index < -0.39 is 0 Å². The van der Waals surface area contributed by atoms with Gasteiger partial charge >= 0.3 is 0 Å². The first kappa shape index (κ1) is 8.27. The highest BCUT2D eigenvalue weighted by Gasteiger charge is 2.00. The van der Waals surface area contributed by atoms with Crippen molar-refractivity contribution in [3.05, 3.63) is 17.5 Å². The second kappa shape index (κ2) is 3.53. The summed E-state index contributed by atoms with van der Waals surface area (Å²) in [7, 11) is 0. The molecule has 0 spiro atoms. The maximum atomic E-state index is 5.53. The first-order valence-electron chi connectivity index (χ1n) is 4.01. The molecule has 0 atom stereocenters. The van der Waals surface area contributed by atoms with Gasteiger partial charge < -0.3 is 5.73 Å². The summed E-state index contributed by atoms with van der Waals surface area (Å²) >= 11 is 0. The summed E-state index contributed by atoms with van der Waals surface area (Å²) in [4.78, 5) is 0. The maximum absolute atomic E-state index is 5.53. The van der Waals surface area contributed by atoms with Gasteiger partial charge in [0, 0.05) is 13.1 Å². The Morgan fingerprint density at radius 3 is 2.91 bits per heavy atom. The van der Waals surface area contributed by atoms with Gasteiger partial charge in [-0.25, -0.2) is 0 Å². The molecular weight excluding hydrogens is 138 g/mol. The zero-order valence-electron chi connectivity index (χ0n) is 7.17. The van der Waals surface area contributed by atoms with E-state index in [2.05, 4.69) is 12.0 Å². The summed E-state index contributed by atoms with van der Waals surface area (Å²) in [6.45, 7) is 5.68. The molecule has 11 heavy (non-hydrogen) atoms. The number of rotatable bonds is 3. The number of hydrogen-bond acceptors (Lipinski definition) is 2. The first-order chi connectivity index (χ1) is 5.27. The summed E-state index contributed by atoms with van der Waals surface area (Å²) in [6.07, 6.45) is 1.11. The molecule has 0 saturated heterocycles. The van der Waals surface area contributed by atoms with Crippen molar-refractivity contribution in [3.63, 3.8) is 0 Å². The van der Waals surface area contributed by atoms with Gasteiger partial charge in [0.05, 0.1) is 11.4 Å². The molecule has 0 amide bonds. The van der Waals surface area contributed by atoms with E-state index in [1.54, 1.807) is 0 Å². The third-order valence-corrected chi connectivity index (χ3v) is 1.63. The highest BCUT2D eigenvalue weighted by molar-refractivity contribution is 5.08. The Morgan fingerprint density at radius 2 is 2.36 bits per heavy atom. The van der Waals surface area contributed by atoms with Gasteiger partial charge in [-0.05, 0) is 19.4 Å². The van der Waals surface area contributed by atoms with Crippen molar-refractivity contribution in [3.8, 4) is 0 Å². The third-order valence-electron chi connectivity index (χ3n) is 1.63. The van der Waals surface area contributed by atoms with Crippen LogP contribution in [0.3, 0.4) is 0 Å². The van der Waals surface area contributed by atoms with Crippen molar-refractivity contribution in [1.29, 1.82) is 0 Å². The number of nitrogens with zero attached hydrogens (tertiary/aromatic N) is 2. The van der Waals surface area contributed by atoms with E-state index in [-0.39, 0.29) is 0 Å². The SMILES string of the molecule is CCCn1nc(C)cc1CN. The molecule has 1 heterocycles. The third kappa shape index (κ3) is 1.80. The molecule has 1 rings (SSSR count). The maximum Gasteiger partial charge on any atom is 0.0597 e. The molecule has 0 unspecified atom stereocenters. The molecule has 0 bridgehead atoms. The van der Waals surface area contributed by atoms with Crippen molar-refractivity contribution < 1.29 is 0 Å². The second-order valence-corrected chi connectivity index (χ2v) is 2.70. The predicted octanol–water partition coefficient (Wildman–Crippen LogP) is 1.06. The van der Waals surface area contributed by atoms with E-state index in [9.17, 15) is 0 Å². The van der Waals surface area contributed by atoms with E-state index >= 15 is 0 Å². The van der Waals surface area contributed by atoms with Crippen molar-refractivity contribution in [2.45, 2.75) is 33.4 Å². The normalized spacial score (nSPS) is 10.5. The second-order valence-electron chi connectivity index (χ2n) is 2.70. The van der Waals surface area contributed by atoms with Crippen molar-refractivity contribution in [2.75, 3.05) is 0 Å². The Morgan fingerprint density at radius 1 is 1.64 bits per heavy atom. The number of aromatic nitrogens is 2. The van der Waals surface area contributed by atoms with Gasteiger partial charge in [0.2, 0.25) is 0 Å². The molecule has 3 nitrogen and oxygen atoms in total. The summed E-state index contributed by atoms with van der Waals surface area (Å²) in [5.41, 5.74) is 7.72. The van der Waals surface area contributed by atoms with Gasteiger partial charge in [-0.3, -0.25) is 4.68 Å². The summed E-state index contributed by atoms with van der Waals surface area (Å²) in [5.74, 6) is 0. The molecule has 0 aliphatic carbocycles. The van der Waals surface area contributed by atoms with E-state index in [0.29, 0.717) is 6.54 Å². The number of hydrogen-bond donors (Lipinski definition) is 1. The van der Waals surface area contributed by atoms with Crippen LogP contribution in [-0.4, -0.2) is 9.78 Å². The molecule has 0 radical (unpaired) electrons. The number of aryl methyl sites for hydroxylation is 2. The average Bonchev–Trinajstić information content (AvgIpc) is 2.32. The molecule has 2 N–H and O–H groups in total. The first-order valence-corrected chi connectivity index (χ1v) is 4.01. The Hall–Kier alpha value is -0.830. The van der Waals surface area contributed by atoms with E-state index in [4.69, 9.17) is 5.73 Å². The number of nitrogens with two attached hydrogens (primary N) is 1. The molecule has 0 aliphatic rings. The van der Waals surface area contributed by atoms with Crippen molar-refractivity contribution >= 4 is 0 Å². The highest BCUT2D eigenvalue weighted by Crippen LogP contribution is 2.02.